The molecule has 0 radical (unpaired) electrons. The molecule has 0 unspecified atom stereocenters. The van der Waals surface area contributed by atoms with Gasteiger partial charge in [-0.3, -0.25) is 9.48 Å². The summed E-state index contributed by atoms with van der Waals surface area (Å²) < 4.78 is 2.02. The number of nitrogens with one attached hydrogen (secondary N) is 1. The van der Waals surface area contributed by atoms with Gasteiger partial charge in [-0.1, -0.05) is 0 Å². The average molecular weight is 316 g/mol. The maximum Gasteiger partial charge on any atom is 0.248 e. The van der Waals surface area contributed by atoms with E-state index in [4.69, 9.17) is 10.8 Å². The van der Waals surface area contributed by atoms with Crippen LogP contribution in [0.1, 0.15) is 34.5 Å². The monoisotopic (exact) mass is 316 g/mol. The van der Waals surface area contributed by atoms with Crippen LogP contribution < -0.4 is 11.1 Å². The zero-order valence-electron chi connectivity index (χ0n) is 13.5. The van der Waals surface area contributed by atoms with E-state index < -0.39 is 5.91 Å². The summed E-state index contributed by atoms with van der Waals surface area (Å²) in [5.41, 5.74) is 8.71. The lowest BCUT2D eigenvalue weighted by Crippen LogP contribution is -2.30. The molecule has 1 aliphatic heterocycles. The van der Waals surface area contributed by atoms with E-state index in [-0.39, 0.29) is 6.61 Å². The van der Waals surface area contributed by atoms with Crippen molar-refractivity contribution in [1.82, 2.24) is 15.1 Å². The lowest BCUT2D eigenvalue weighted by Gasteiger charge is -2.23. The third-order valence-corrected chi connectivity index (χ3v) is 4.78. The van der Waals surface area contributed by atoms with Crippen LogP contribution in [0.5, 0.6) is 0 Å². The highest BCUT2D eigenvalue weighted by Gasteiger charge is 2.20. The third-order valence-electron chi connectivity index (χ3n) is 4.78. The molecule has 6 nitrogen and oxygen atoms in total. The molecule has 1 fully saturated rings. The summed E-state index contributed by atoms with van der Waals surface area (Å²) in [6.07, 6.45) is 2.81. The van der Waals surface area contributed by atoms with Gasteiger partial charge < -0.3 is 16.2 Å². The van der Waals surface area contributed by atoms with Crippen LogP contribution in [0, 0.1) is 12.8 Å². The van der Waals surface area contributed by atoms with Crippen molar-refractivity contribution in [3.8, 4) is 0 Å². The summed E-state index contributed by atoms with van der Waals surface area (Å²) in [7, 11) is 0. The molecular formula is C17H24N4O2. The minimum Gasteiger partial charge on any atom is -0.396 e. The van der Waals surface area contributed by atoms with Crippen LogP contribution in [0.25, 0.3) is 10.9 Å². The van der Waals surface area contributed by atoms with Gasteiger partial charge in [0.2, 0.25) is 5.91 Å². The summed E-state index contributed by atoms with van der Waals surface area (Å²) in [4.78, 5) is 11.6. The van der Waals surface area contributed by atoms with Crippen LogP contribution >= 0.6 is 0 Å². The van der Waals surface area contributed by atoms with Crippen LogP contribution in [0.3, 0.4) is 0 Å². The van der Waals surface area contributed by atoms with Gasteiger partial charge in [-0.05, 0) is 56.5 Å². The number of fused-ring (bicyclic) bond motifs is 1. The number of primary amides is 1. The molecule has 2 aromatic rings. The van der Waals surface area contributed by atoms with Gasteiger partial charge in [-0.25, -0.2) is 0 Å². The van der Waals surface area contributed by atoms with E-state index in [1.807, 2.05) is 17.7 Å². The molecule has 23 heavy (non-hydrogen) atoms. The zero-order chi connectivity index (χ0) is 16.4. The molecule has 1 saturated heterocycles. The Bertz CT molecular complexity index is 717. The second-order valence-electron chi connectivity index (χ2n) is 6.29. The first-order chi connectivity index (χ1) is 11.1. The minimum absolute atomic E-state index is 0.0628. The molecule has 4 N–H and O–H groups in total. The molecule has 1 aromatic heterocycles. The first kappa shape index (κ1) is 16.0. The molecule has 0 atom stereocenters. The van der Waals surface area contributed by atoms with Gasteiger partial charge in [0.15, 0.2) is 0 Å². The summed E-state index contributed by atoms with van der Waals surface area (Å²) in [5.74, 6) is 0.171. The molecule has 6 heteroatoms. The number of amides is 1. The number of piperidine rings is 1. The number of aliphatic hydroxyl groups is 1. The lowest BCUT2D eigenvalue weighted by atomic mass is 9.97. The van der Waals surface area contributed by atoms with Crippen LogP contribution in [0.4, 0.5) is 0 Å². The normalized spacial score (nSPS) is 16.1. The zero-order valence-corrected chi connectivity index (χ0v) is 13.5. The summed E-state index contributed by atoms with van der Waals surface area (Å²) in [5, 5.41) is 18.5. The maximum atomic E-state index is 11.6. The van der Waals surface area contributed by atoms with Crippen molar-refractivity contribution in [2.24, 2.45) is 11.7 Å². The van der Waals surface area contributed by atoms with E-state index in [0.717, 1.165) is 54.6 Å². The first-order valence-corrected chi connectivity index (χ1v) is 8.22. The molecule has 1 aromatic carbocycles. The lowest BCUT2D eigenvalue weighted by molar-refractivity contribution is 0.1000. The van der Waals surface area contributed by atoms with Gasteiger partial charge in [-0.2, -0.15) is 5.10 Å². The number of nitrogens with two attached hydrogens (primary N) is 1. The van der Waals surface area contributed by atoms with Crippen LogP contribution in [-0.2, 0) is 13.0 Å². The van der Waals surface area contributed by atoms with E-state index in [9.17, 15) is 9.90 Å². The third kappa shape index (κ3) is 3.09. The molecule has 1 aliphatic rings. The Labute approximate surface area is 135 Å². The molecular weight excluding hydrogens is 292 g/mol. The Kier molecular flexibility index (Phi) is 4.63. The van der Waals surface area contributed by atoms with Crippen molar-refractivity contribution in [3.63, 3.8) is 0 Å². The van der Waals surface area contributed by atoms with E-state index >= 15 is 0 Å². The fourth-order valence-corrected chi connectivity index (χ4v) is 3.55. The fraction of sp³-hybridized carbons (Fsp3) is 0.529. The molecule has 1 amide bonds. The van der Waals surface area contributed by atoms with Crippen molar-refractivity contribution >= 4 is 16.8 Å². The molecule has 0 saturated carbocycles. The Hall–Kier alpha value is -1.92. The number of carbonyl (C=O) groups excluding carboxylic acids is 1. The van der Waals surface area contributed by atoms with Crippen LogP contribution in [0.2, 0.25) is 0 Å². The number of carbonyl (C=O) groups is 1. The van der Waals surface area contributed by atoms with Gasteiger partial charge in [-0.15, -0.1) is 0 Å². The first-order valence-electron chi connectivity index (χ1n) is 8.22. The smallest absolute Gasteiger partial charge is 0.248 e. The average Bonchev–Trinajstić information content (AvgIpc) is 2.87. The van der Waals surface area contributed by atoms with Gasteiger partial charge >= 0.3 is 0 Å². The van der Waals surface area contributed by atoms with Crippen molar-refractivity contribution < 1.29 is 9.90 Å². The SMILES string of the molecule is Cc1c(C(N)=O)ccc2nn(CC3CCNCC3)c(CCO)c12. The number of benzene rings is 1. The van der Waals surface area contributed by atoms with Crippen LogP contribution in [0.15, 0.2) is 12.1 Å². The highest BCUT2D eigenvalue weighted by Crippen LogP contribution is 2.27. The Morgan fingerprint density at radius 3 is 2.83 bits per heavy atom. The number of rotatable bonds is 5. The second-order valence-corrected chi connectivity index (χ2v) is 6.29. The van der Waals surface area contributed by atoms with Gasteiger partial charge in [0.25, 0.3) is 0 Å². The molecule has 0 spiro atoms. The number of hydrogen-bond donors (Lipinski definition) is 3. The van der Waals surface area contributed by atoms with Gasteiger partial charge in [0, 0.05) is 36.2 Å². The fourth-order valence-electron chi connectivity index (χ4n) is 3.55. The highest BCUT2D eigenvalue weighted by atomic mass is 16.3. The standard InChI is InChI=1S/C17H24N4O2/c1-11-13(17(18)23)2-3-14-16(11)15(6-9-22)21(20-14)10-12-4-7-19-8-5-12/h2-3,12,19,22H,4-10H2,1H3,(H2,18,23). The Morgan fingerprint density at radius 1 is 1.43 bits per heavy atom. The quantitative estimate of drug-likeness (QED) is 0.766. The van der Waals surface area contributed by atoms with Gasteiger partial charge in [0.1, 0.15) is 0 Å². The van der Waals surface area contributed by atoms with Crippen molar-refractivity contribution in [1.29, 1.82) is 0 Å². The molecule has 0 aliphatic carbocycles. The summed E-state index contributed by atoms with van der Waals surface area (Å²) in [6, 6.07) is 3.59. The van der Waals surface area contributed by atoms with Gasteiger partial charge in [0.05, 0.1) is 5.52 Å². The number of aryl methyl sites for hydroxylation is 1. The predicted octanol–water partition coefficient (Wildman–Crippen LogP) is 0.978. The number of aliphatic hydroxyl groups excluding tert-OH is 1. The van der Waals surface area contributed by atoms with Crippen LogP contribution in [-0.4, -0.2) is 40.5 Å². The number of nitrogens with zero attached hydrogens (tertiary/aromatic N) is 2. The molecule has 124 valence electrons. The number of hydrogen-bond acceptors (Lipinski definition) is 4. The highest BCUT2D eigenvalue weighted by molar-refractivity contribution is 6.00. The number of aromatic nitrogens is 2. The second kappa shape index (κ2) is 6.68. The Morgan fingerprint density at radius 2 is 2.17 bits per heavy atom. The molecule has 2 heterocycles. The maximum absolute atomic E-state index is 11.6. The van der Waals surface area contributed by atoms with E-state index in [2.05, 4.69) is 5.32 Å². The predicted molar refractivity (Wildman–Crippen MR) is 89.4 cm³/mol. The summed E-state index contributed by atoms with van der Waals surface area (Å²) >= 11 is 0. The minimum atomic E-state index is -0.426. The van der Waals surface area contributed by atoms with Crippen molar-refractivity contribution in [2.75, 3.05) is 19.7 Å². The van der Waals surface area contributed by atoms with E-state index in [1.165, 1.54) is 0 Å². The summed E-state index contributed by atoms with van der Waals surface area (Å²) in [6.45, 7) is 4.92. The van der Waals surface area contributed by atoms with Crippen molar-refractivity contribution in [2.45, 2.75) is 32.7 Å². The van der Waals surface area contributed by atoms with E-state index in [0.29, 0.717) is 17.9 Å². The molecule has 0 bridgehead atoms. The van der Waals surface area contributed by atoms with E-state index in [1.54, 1.807) is 6.07 Å². The van der Waals surface area contributed by atoms with Crippen molar-refractivity contribution in [3.05, 3.63) is 29.0 Å². The molecule has 3 rings (SSSR count). The topological polar surface area (TPSA) is 93.2 Å². The Balaban J connectivity index is 2.04. The largest absolute Gasteiger partial charge is 0.396 e.